The van der Waals surface area contributed by atoms with Gasteiger partial charge in [0.2, 0.25) is 0 Å². The minimum Gasteiger partial charge on any atom is -0.486 e. The summed E-state index contributed by atoms with van der Waals surface area (Å²) >= 11 is 0. The molecule has 1 aliphatic heterocycles. The first-order valence-electron chi connectivity index (χ1n) is 16.4. The van der Waals surface area contributed by atoms with Gasteiger partial charge in [0.25, 0.3) is 0 Å². The van der Waals surface area contributed by atoms with E-state index < -0.39 is 11.6 Å². The molecule has 0 radical (unpaired) electrons. The molecule has 49 heavy (non-hydrogen) atoms. The van der Waals surface area contributed by atoms with Gasteiger partial charge in [-0.25, -0.2) is 14.6 Å². The Kier molecular flexibility index (Phi) is 9.20. The number of aryl methyl sites for hydroxylation is 2. The highest BCUT2D eigenvalue weighted by molar-refractivity contribution is 5.97. The van der Waals surface area contributed by atoms with Gasteiger partial charge in [0.15, 0.2) is 11.5 Å². The molecule has 6 rings (SSSR count). The van der Waals surface area contributed by atoms with Gasteiger partial charge in [-0.1, -0.05) is 36.4 Å². The third-order valence-corrected chi connectivity index (χ3v) is 8.68. The van der Waals surface area contributed by atoms with Crippen LogP contribution in [-0.2, 0) is 16.1 Å². The van der Waals surface area contributed by atoms with Gasteiger partial charge in [0.1, 0.15) is 24.1 Å². The zero-order valence-corrected chi connectivity index (χ0v) is 28.7. The van der Waals surface area contributed by atoms with Gasteiger partial charge in [0.05, 0.1) is 41.0 Å². The molecule has 252 valence electrons. The second-order valence-electron chi connectivity index (χ2n) is 13.2. The van der Waals surface area contributed by atoms with Gasteiger partial charge in [-0.2, -0.15) is 5.26 Å². The van der Waals surface area contributed by atoms with Gasteiger partial charge in [-0.3, -0.25) is 4.57 Å². The lowest BCUT2D eigenvalue weighted by Crippen LogP contribution is -2.44. The fraction of sp³-hybridized carbons (Fsp3) is 0.333. The quantitative estimate of drug-likeness (QED) is 0.162. The normalized spacial score (nSPS) is 13.7. The minimum atomic E-state index is -0.565. The zero-order valence-electron chi connectivity index (χ0n) is 28.7. The number of aromatic nitrogens is 2. The van der Waals surface area contributed by atoms with E-state index in [1.54, 1.807) is 17.0 Å². The van der Waals surface area contributed by atoms with Crippen LogP contribution in [0.5, 0.6) is 11.5 Å². The lowest BCUT2D eigenvalue weighted by Gasteiger charge is -2.33. The number of ether oxygens (including phenoxy) is 4. The highest BCUT2D eigenvalue weighted by Crippen LogP contribution is 2.41. The Hall–Kier alpha value is -5.56. The number of hydrogen-bond acceptors (Lipinski definition) is 8. The van der Waals surface area contributed by atoms with Crippen molar-refractivity contribution in [1.82, 2.24) is 14.5 Å². The Morgan fingerprint density at radius 2 is 1.67 bits per heavy atom. The van der Waals surface area contributed by atoms with Gasteiger partial charge >= 0.3 is 12.1 Å². The van der Waals surface area contributed by atoms with Crippen LogP contribution in [0.4, 0.5) is 4.79 Å². The molecular formula is C39H40N4O6. The third kappa shape index (κ3) is 6.88. The summed E-state index contributed by atoms with van der Waals surface area (Å²) in [6, 6.07) is 23.1. The SMILES string of the molecule is COC(=O)c1ccc(COc2c(OC3CCN(C(=O)OC(C)(C)C)CC3)cc3c(nc(C)n3-c3ccc(C#N)c4ccccc34)c2C)cc1. The molecular weight excluding hydrogens is 620 g/mol. The van der Waals surface area contributed by atoms with Gasteiger partial charge in [0, 0.05) is 48.3 Å². The molecule has 0 spiro atoms. The zero-order chi connectivity index (χ0) is 34.9. The molecule has 1 aliphatic rings. The summed E-state index contributed by atoms with van der Waals surface area (Å²) in [4.78, 5) is 31.4. The van der Waals surface area contributed by atoms with Crippen molar-refractivity contribution in [2.24, 2.45) is 0 Å². The largest absolute Gasteiger partial charge is 0.486 e. The lowest BCUT2D eigenvalue weighted by atomic mass is 10.0. The summed E-state index contributed by atoms with van der Waals surface area (Å²) in [5.74, 6) is 1.53. The van der Waals surface area contributed by atoms with E-state index in [2.05, 4.69) is 10.6 Å². The van der Waals surface area contributed by atoms with Crippen LogP contribution < -0.4 is 9.47 Å². The Labute approximate surface area is 285 Å². The molecule has 1 amide bonds. The van der Waals surface area contributed by atoms with Crippen LogP contribution in [0.1, 0.15) is 66.5 Å². The van der Waals surface area contributed by atoms with Crippen molar-refractivity contribution in [3.63, 3.8) is 0 Å². The number of methoxy groups -OCH3 is 1. The fourth-order valence-electron chi connectivity index (χ4n) is 6.26. The third-order valence-electron chi connectivity index (χ3n) is 8.68. The number of hydrogen-bond donors (Lipinski definition) is 0. The number of piperidine rings is 1. The summed E-state index contributed by atoms with van der Waals surface area (Å²) in [7, 11) is 1.36. The van der Waals surface area contributed by atoms with E-state index in [4.69, 9.17) is 23.9 Å². The van der Waals surface area contributed by atoms with E-state index in [-0.39, 0.29) is 18.8 Å². The van der Waals surface area contributed by atoms with Crippen molar-refractivity contribution in [3.8, 4) is 23.3 Å². The van der Waals surface area contributed by atoms with Crippen molar-refractivity contribution in [3.05, 3.63) is 94.8 Å². The maximum absolute atomic E-state index is 12.7. The Bertz CT molecular complexity index is 2080. The fourth-order valence-corrected chi connectivity index (χ4v) is 6.26. The minimum absolute atomic E-state index is 0.162. The van der Waals surface area contributed by atoms with Crippen LogP contribution in [0.25, 0.3) is 27.5 Å². The number of carbonyl (C=O) groups is 2. The Morgan fingerprint density at radius 1 is 0.980 bits per heavy atom. The molecule has 0 aliphatic carbocycles. The molecule has 5 aromatic rings. The summed E-state index contributed by atoms with van der Waals surface area (Å²) in [6.07, 6.45) is 0.775. The van der Waals surface area contributed by atoms with Crippen LogP contribution in [0.3, 0.4) is 0 Å². The first-order valence-corrected chi connectivity index (χ1v) is 16.4. The number of benzene rings is 4. The standard InChI is InChI=1S/C39H40N4O6/c1-24-35-33(43(25(2)41-35)32-16-15-28(22-40)30-9-7-8-10-31(30)32)21-34(36(24)47-23-26-11-13-27(14-12-26)37(44)46-6)48-29-17-19-42(20-18-29)38(45)49-39(3,4)5/h7-16,21,29H,17-20,23H2,1-6H3. The average Bonchev–Trinajstić information content (AvgIpc) is 3.42. The summed E-state index contributed by atoms with van der Waals surface area (Å²) in [5, 5.41) is 11.6. The predicted octanol–water partition coefficient (Wildman–Crippen LogP) is 7.81. The average molecular weight is 661 g/mol. The van der Waals surface area contributed by atoms with Gasteiger partial charge < -0.3 is 23.8 Å². The molecule has 0 saturated carbocycles. The van der Waals surface area contributed by atoms with Crippen molar-refractivity contribution in [1.29, 1.82) is 5.26 Å². The number of nitriles is 1. The highest BCUT2D eigenvalue weighted by atomic mass is 16.6. The van der Waals surface area contributed by atoms with E-state index >= 15 is 0 Å². The number of imidazole rings is 1. The number of amides is 1. The first kappa shape index (κ1) is 33.3. The summed E-state index contributed by atoms with van der Waals surface area (Å²) in [6.45, 7) is 10.8. The second-order valence-corrected chi connectivity index (χ2v) is 13.2. The maximum atomic E-state index is 12.7. The van der Waals surface area contributed by atoms with Crippen molar-refractivity contribution < 1.29 is 28.5 Å². The topological polar surface area (TPSA) is 116 Å². The highest BCUT2D eigenvalue weighted by Gasteiger charge is 2.29. The van der Waals surface area contributed by atoms with E-state index in [0.717, 1.165) is 44.4 Å². The molecule has 1 saturated heterocycles. The molecule has 0 unspecified atom stereocenters. The monoisotopic (exact) mass is 660 g/mol. The summed E-state index contributed by atoms with van der Waals surface area (Å²) in [5.41, 5.74) is 4.72. The number of carbonyl (C=O) groups excluding carboxylic acids is 2. The molecule has 0 N–H and O–H groups in total. The van der Waals surface area contributed by atoms with E-state index in [9.17, 15) is 14.9 Å². The van der Waals surface area contributed by atoms with Crippen LogP contribution in [0, 0.1) is 25.2 Å². The number of esters is 1. The van der Waals surface area contributed by atoms with Crippen LogP contribution in [0.15, 0.2) is 66.7 Å². The van der Waals surface area contributed by atoms with Crippen molar-refractivity contribution >= 4 is 33.9 Å². The number of rotatable bonds is 7. The molecule has 1 fully saturated rings. The lowest BCUT2D eigenvalue weighted by molar-refractivity contribution is 0.0123. The molecule has 1 aromatic heterocycles. The van der Waals surface area contributed by atoms with E-state index in [0.29, 0.717) is 48.6 Å². The van der Waals surface area contributed by atoms with E-state index in [1.807, 2.05) is 89.2 Å². The van der Waals surface area contributed by atoms with Crippen molar-refractivity contribution in [2.75, 3.05) is 20.2 Å². The molecule has 2 heterocycles. The molecule has 10 heteroatoms. The van der Waals surface area contributed by atoms with Gasteiger partial charge in [-0.05, 0) is 64.4 Å². The number of nitrogens with zero attached hydrogens (tertiary/aromatic N) is 4. The molecule has 10 nitrogen and oxygen atoms in total. The number of likely N-dealkylation sites (tertiary alicyclic amines) is 1. The van der Waals surface area contributed by atoms with Crippen molar-refractivity contribution in [2.45, 2.75) is 65.8 Å². The van der Waals surface area contributed by atoms with Crippen LogP contribution in [0.2, 0.25) is 0 Å². The van der Waals surface area contributed by atoms with Crippen LogP contribution in [-0.4, -0.2) is 58.4 Å². The van der Waals surface area contributed by atoms with Crippen LogP contribution >= 0.6 is 0 Å². The Balaban J connectivity index is 1.38. The molecule has 4 aromatic carbocycles. The maximum Gasteiger partial charge on any atom is 0.410 e. The van der Waals surface area contributed by atoms with Gasteiger partial charge in [-0.15, -0.1) is 0 Å². The summed E-state index contributed by atoms with van der Waals surface area (Å²) < 4.78 is 25.7. The Morgan fingerprint density at radius 3 is 2.33 bits per heavy atom. The number of fused-ring (bicyclic) bond motifs is 2. The molecule has 0 bridgehead atoms. The molecule has 0 atom stereocenters. The predicted molar refractivity (Wildman–Crippen MR) is 186 cm³/mol. The second kappa shape index (κ2) is 13.5. The van der Waals surface area contributed by atoms with E-state index in [1.165, 1.54) is 7.11 Å². The smallest absolute Gasteiger partial charge is 0.410 e. The first-order chi connectivity index (χ1) is 23.5.